The molecule has 4 aliphatic rings. The number of carbonyl (C=O) groups is 1. The fourth-order valence-corrected chi connectivity index (χ4v) is 5.74. The summed E-state index contributed by atoms with van der Waals surface area (Å²) in [7, 11) is 1.72. The molecule has 2 aromatic carbocycles. The van der Waals surface area contributed by atoms with E-state index in [0.29, 0.717) is 11.7 Å². The molecule has 1 saturated carbocycles. The van der Waals surface area contributed by atoms with E-state index in [9.17, 15) is 4.79 Å². The Balaban J connectivity index is 1.05. The molecule has 6 rings (SSSR count). The molecular formula is C26H30N2O4. The van der Waals surface area contributed by atoms with Gasteiger partial charge in [-0.05, 0) is 86.5 Å². The molecule has 2 aromatic rings. The second kappa shape index (κ2) is 7.69. The zero-order valence-corrected chi connectivity index (χ0v) is 18.6. The Kier molecular flexibility index (Phi) is 4.79. The lowest BCUT2D eigenvalue weighted by atomic mass is 9.92. The van der Waals surface area contributed by atoms with Gasteiger partial charge in [0.05, 0.1) is 12.6 Å². The van der Waals surface area contributed by atoms with Crippen molar-refractivity contribution in [1.82, 2.24) is 9.80 Å². The van der Waals surface area contributed by atoms with E-state index in [0.717, 1.165) is 68.1 Å². The quantitative estimate of drug-likeness (QED) is 0.683. The molecule has 32 heavy (non-hydrogen) atoms. The van der Waals surface area contributed by atoms with Gasteiger partial charge in [0.25, 0.3) is 5.91 Å². The molecular weight excluding hydrogens is 404 g/mol. The molecule has 1 spiro atoms. The number of carbonyl (C=O) groups excluding carboxylic acids is 1. The molecule has 3 heterocycles. The van der Waals surface area contributed by atoms with Gasteiger partial charge in [-0.15, -0.1) is 0 Å². The van der Waals surface area contributed by atoms with Gasteiger partial charge in [0.2, 0.25) is 6.79 Å². The number of methoxy groups -OCH3 is 1. The Labute approximate surface area is 189 Å². The molecule has 0 unspecified atom stereocenters. The summed E-state index contributed by atoms with van der Waals surface area (Å²) in [5, 5.41) is 0. The summed E-state index contributed by atoms with van der Waals surface area (Å²) in [5.74, 6) is 3.27. The first-order chi connectivity index (χ1) is 15.7. The molecule has 1 saturated heterocycles. The average molecular weight is 435 g/mol. The molecule has 168 valence electrons. The summed E-state index contributed by atoms with van der Waals surface area (Å²) in [4.78, 5) is 17.9. The van der Waals surface area contributed by atoms with E-state index >= 15 is 0 Å². The molecule has 3 aliphatic heterocycles. The number of amides is 1. The molecule has 1 aliphatic carbocycles. The molecule has 1 amide bonds. The van der Waals surface area contributed by atoms with Crippen LogP contribution in [-0.4, -0.2) is 49.2 Å². The number of nitrogens with zero attached hydrogens (tertiary/aromatic N) is 2. The topological polar surface area (TPSA) is 51.2 Å². The average Bonchev–Trinajstić information content (AvgIpc) is 3.42. The lowest BCUT2D eigenvalue weighted by Gasteiger charge is -2.34. The maximum atomic E-state index is 13.2. The smallest absolute Gasteiger partial charge is 0.255 e. The molecule has 6 heteroatoms. The summed E-state index contributed by atoms with van der Waals surface area (Å²) in [5.41, 5.74) is 3.19. The number of fused-ring (bicyclic) bond motifs is 3. The minimum absolute atomic E-state index is 0.0829. The fourth-order valence-electron chi connectivity index (χ4n) is 5.74. The molecule has 0 atom stereocenters. The van der Waals surface area contributed by atoms with Gasteiger partial charge in [-0.25, -0.2) is 0 Å². The zero-order chi connectivity index (χ0) is 21.7. The number of ether oxygens (including phenoxy) is 3. The van der Waals surface area contributed by atoms with Crippen LogP contribution in [0.15, 0.2) is 36.4 Å². The Morgan fingerprint density at radius 3 is 2.62 bits per heavy atom. The van der Waals surface area contributed by atoms with Crippen LogP contribution < -0.4 is 14.2 Å². The van der Waals surface area contributed by atoms with Crippen molar-refractivity contribution in [2.24, 2.45) is 5.92 Å². The summed E-state index contributed by atoms with van der Waals surface area (Å²) >= 11 is 0. The zero-order valence-electron chi connectivity index (χ0n) is 18.6. The van der Waals surface area contributed by atoms with Gasteiger partial charge in [0, 0.05) is 18.7 Å². The van der Waals surface area contributed by atoms with Gasteiger partial charge < -0.3 is 19.1 Å². The molecule has 2 fully saturated rings. The summed E-state index contributed by atoms with van der Waals surface area (Å²) in [6, 6.07) is 12.3. The van der Waals surface area contributed by atoms with Crippen molar-refractivity contribution in [3.8, 4) is 17.2 Å². The number of hydrogen-bond donors (Lipinski definition) is 0. The minimum atomic E-state index is -0.0829. The summed E-state index contributed by atoms with van der Waals surface area (Å²) < 4.78 is 16.4. The Hall–Kier alpha value is -2.73. The van der Waals surface area contributed by atoms with Gasteiger partial charge in [0.1, 0.15) is 5.75 Å². The fraction of sp³-hybridized carbons (Fsp3) is 0.500. The van der Waals surface area contributed by atoms with Gasteiger partial charge in [-0.1, -0.05) is 12.1 Å². The lowest BCUT2D eigenvalue weighted by Crippen LogP contribution is -2.37. The van der Waals surface area contributed by atoms with Crippen LogP contribution in [0.1, 0.15) is 53.6 Å². The highest BCUT2D eigenvalue weighted by Crippen LogP contribution is 2.58. The Morgan fingerprint density at radius 2 is 1.88 bits per heavy atom. The first kappa shape index (κ1) is 19.9. The first-order valence-corrected chi connectivity index (χ1v) is 11.8. The van der Waals surface area contributed by atoms with Crippen molar-refractivity contribution in [3.05, 3.63) is 53.1 Å². The summed E-state index contributed by atoms with van der Waals surface area (Å²) in [6.45, 7) is 4.30. The molecule has 6 nitrogen and oxygen atoms in total. The van der Waals surface area contributed by atoms with Crippen LogP contribution in [0.5, 0.6) is 17.2 Å². The lowest BCUT2D eigenvalue weighted by molar-refractivity contribution is 0.0671. The number of piperidine rings is 1. The van der Waals surface area contributed by atoms with Gasteiger partial charge >= 0.3 is 0 Å². The number of likely N-dealkylation sites (tertiary alicyclic amines) is 1. The maximum absolute atomic E-state index is 13.2. The molecule has 0 aromatic heterocycles. The van der Waals surface area contributed by atoms with Crippen LogP contribution in [0.3, 0.4) is 0 Å². The monoisotopic (exact) mass is 434 g/mol. The van der Waals surface area contributed by atoms with Crippen molar-refractivity contribution in [1.29, 1.82) is 0 Å². The van der Waals surface area contributed by atoms with Gasteiger partial charge in [-0.2, -0.15) is 0 Å². The second-order valence-electron chi connectivity index (χ2n) is 9.60. The van der Waals surface area contributed by atoms with E-state index in [4.69, 9.17) is 14.2 Å². The maximum Gasteiger partial charge on any atom is 0.255 e. The van der Waals surface area contributed by atoms with Crippen LogP contribution in [0.25, 0.3) is 0 Å². The van der Waals surface area contributed by atoms with E-state index in [-0.39, 0.29) is 18.2 Å². The van der Waals surface area contributed by atoms with Crippen molar-refractivity contribution in [2.75, 3.05) is 33.5 Å². The van der Waals surface area contributed by atoms with Crippen LogP contribution in [0, 0.1) is 5.92 Å². The van der Waals surface area contributed by atoms with E-state index in [1.165, 1.54) is 18.4 Å². The van der Waals surface area contributed by atoms with Crippen molar-refractivity contribution in [3.63, 3.8) is 0 Å². The molecule has 0 N–H and O–H groups in total. The predicted octanol–water partition coefficient (Wildman–Crippen LogP) is 4.17. The van der Waals surface area contributed by atoms with Crippen LogP contribution in [-0.2, 0) is 12.1 Å². The Bertz CT molecular complexity index is 1040. The van der Waals surface area contributed by atoms with E-state index < -0.39 is 0 Å². The highest BCUT2D eigenvalue weighted by molar-refractivity contribution is 6.01. The number of benzene rings is 2. The third kappa shape index (κ3) is 3.32. The number of hydrogen-bond acceptors (Lipinski definition) is 5. The second-order valence-corrected chi connectivity index (χ2v) is 9.60. The van der Waals surface area contributed by atoms with Crippen molar-refractivity contribution < 1.29 is 19.0 Å². The van der Waals surface area contributed by atoms with Crippen LogP contribution >= 0.6 is 0 Å². The molecule has 0 bridgehead atoms. The minimum Gasteiger partial charge on any atom is -0.497 e. The van der Waals surface area contributed by atoms with Crippen LogP contribution in [0.4, 0.5) is 0 Å². The normalized spacial score (nSPS) is 21.3. The largest absolute Gasteiger partial charge is 0.497 e. The van der Waals surface area contributed by atoms with E-state index in [1.807, 2.05) is 12.1 Å². The predicted molar refractivity (Wildman–Crippen MR) is 120 cm³/mol. The highest BCUT2D eigenvalue weighted by atomic mass is 16.7. The summed E-state index contributed by atoms with van der Waals surface area (Å²) in [6.07, 6.45) is 5.60. The standard InChI is InChI=1S/C26H30N2O4/c1-30-20-4-2-3-19(13-20)16-27-10-5-18(6-11-27)7-12-28-25(29)21-14-23-24(32-17-31-23)15-22(21)26(28)8-9-26/h2-4,13-15,18H,5-12,16-17H2,1H3. The van der Waals surface area contributed by atoms with Crippen molar-refractivity contribution >= 4 is 5.91 Å². The van der Waals surface area contributed by atoms with Gasteiger partial charge in [0.15, 0.2) is 11.5 Å². The van der Waals surface area contributed by atoms with Gasteiger partial charge in [-0.3, -0.25) is 9.69 Å². The first-order valence-electron chi connectivity index (χ1n) is 11.8. The highest BCUT2D eigenvalue weighted by Gasteiger charge is 2.58. The third-order valence-electron chi connectivity index (χ3n) is 7.74. The van der Waals surface area contributed by atoms with E-state index in [2.05, 4.69) is 34.1 Å². The Morgan fingerprint density at radius 1 is 1.09 bits per heavy atom. The molecule has 0 radical (unpaired) electrons. The van der Waals surface area contributed by atoms with Crippen LogP contribution in [0.2, 0.25) is 0 Å². The van der Waals surface area contributed by atoms with E-state index in [1.54, 1.807) is 7.11 Å². The number of rotatable bonds is 6. The third-order valence-corrected chi connectivity index (χ3v) is 7.74. The SMILES string of the molecule is COc1cccc(CN2CCC(CCN3C(=O)c4cc5c(cc4C34CC4)OCO5)CC2)c1. The van der Waals surface area contributed by atoms with Crippen molar-refractivity contribution in [2.45, 2.75) is 44.2 Å².